The van der Waals surface area contributed by atoms with Gasteiger partial charge >= 0.3 is 5.91 Å². The maximum Gasteiger partial charge on any atom is 0.302 e. The maximum absolute atomic E-state index is 13.4. The van der Waals surface area contributed by atoms with Crippen molar-refractivity contribution in [2.45, 2.75) is 6.04 Å². The van der Waals surface area contributed by atoms with Gasteiger partial charge in [0.15, 0.2) is 0 Å². The van der Waals surface area contributed by atoms with Gasteiger partial charge in [0, 0.05) is 5.56 Å². The zero-order valence-corrected chi connectivity index (χ0v) is 16.5. The number of phenols is 1. The molecule has 1 aliphatic rings. The summed E-state index contributed by atoms with van der Waals surface area (Å²) in [5.74, 6) is -2.55. The van der Waals surface area contributed by atoms with Crippen molar-refractivity contribution in [3.05, 3.63) is 95.3 Å². The molecule has 4 aromatic rings. The number of para-hydroxylation sites is 2. The third kappa shape index (κ3) is 3.09. The molecule has 1 fully saturated rings. The number of hydrogen-bond donors (Lipinski definition) is 3. The van der Waals surface area contributed by atoms with Gasteiger partial charge in [-0.15, -0.1) is 0 Å². The first-order valence-corrected chi connectivity index (χ1v) is 9.74. The van der Waals surface area contributed by atoms with Crippen LogP contribution in [0, 0.1) is 5.82 Å². The molecule has 0 aliphatic carbocycles. The Hall–Kier alpha value is -4.46. The molecule has 8 heteroatoms. The highest BCUT2D eigenvalue weighted by Gasteiger charge is 2.48. The minimum absolute atomic E-state index is 0.00738. The van der Waals surface area contributed by atoms with E-state index in [1.54, 1.807) is 30.3 Å². The first kappa shape index (κ1) is 19.5. The standard InChI is InChI=1S/C24H16FN3O4/c25-15-9-5-14(6-10-15)21(30)19-20(13-7-11-16(29)12-8-13)28(23(32)22(19)31)24-26-17-3-1-2-4-18(17)27-24/h1-12,20,29-30H,(H,26,27)/b21-19+. The summed E-state index contributed by atoms with van der Waals surface area (Å²) in [5.41, 5.74) is 1.79. The second kappa shape index (κ2) is 7.35. The lowest BCUT2D eigenvalue weighted by molar-refractivity contribution is -0.132. The summed E-state index contributed by atoms with van der Waals surface area (Å²) in [6, 6.07) is 17.1. The summed E-state index contributed by atoms with van der Waals surface area (Å²) in [7, 11) is 0. The quantitative estimate of drug-likeness (QED) is 0.259. The van der Waals surface area contributed by atoms with Crippen LogP contribution in [0.4, 0.5) is 10.3 Å². The molecular formula is C24H16FN3O4. The lowest BCUT2D eigenvalue weighted by atomic mass is 9.95. The van der Waals surface area contributed by atoms with Crippen LogP contribution < -0.4 is 4.90 Å². The van der Waals surface area contributed by atoms with Gasteiger partial charge in [0.1, 0.15) is 17.3 Å². The van der Waals surface area contributed by atoms with Crippen molar-refractivity contribution in [3.8, 4) is 5.75 Å². The van der Waals surface area contributed by atoms with E-state index in [0.29, 0.717) is 16.6 Å². The number of aromatic amines is 1. The number of H-pyrrole nitrogens is 1. The fourth-order valence-electron chi connectivity index (χ4n) is 3.84. The van der Waals surface area contributed by atoms with E-state index in [2.05, 4.69) is 9.97 Å². The molecule has 3 N–H and O–H groups in total. The zero-order chi connectivity index (χ0) is 22.4. The molecule has 1 unspecified atom stereocenters. The van der Waals surface area contributed by atoms with Gasteiger partial charge in [0.25, 0.3) is 5.78 Å². The number of Topliss-reactive ketones (excluding diaryl/α,β-unsaturated/α-hetero) is 1. The normalized spacial score (nSPS) is 17.9. The average Bonchev–Trinajstić information content (AvgIpc) is 3.33. The Labute approximate surface area is 181 Å². The number of aromatic hydroxyl groups is 1. The molecule has 1 aliphatic heterocycles. The number of nitrogens with one attached hydrogen (secondary N) is 1. The van der Waals surface area contributed by atoms with Crippen molar-refractivity contribution in [2.75, 3.05) is 4.90 Å². The number of carbonyl (C=O) groups excluding carboxylic acids is 2. The van der Waals surface area contributed by atoms with Crippen LogP contribution in [0.25, 0.3) is 16.8 Å². The fraction of sp³-hybridized carbons (Fsp3) is 0.0417. The number of imidazole rings is 1. The molecule has 1 atom stereocenters. The highest BCUT2D eigenvalue weighted by molar-refractivity contribution is 6.51. The van der Waals surface area contributed by atoms with Gasteiger partial charge in [0.05, 0.1) is 22.6 Å². The van der Waals surface area contributed by atoms with Crippen LogP contribution in [0.1, 0.15) is 17.2 Å². The number of amides is 1. The molecule has 1 aromatic heterocycles. The molecule has 32 heavy (non-hydrogen) atoms. The number of aromatic nitrogens is 2. The monoisotopic (exact) mass is 429 g/mol. The van der Waals surface area contributed by atoms with Gasteiger partial charge in [-0.05, 0) is 54.1 Å². The third-order valence-electron chi connectivity index (χ3n) is 5.38. The van der Waals surface area contributed by atoms with Crippen LogP contribution >= 0.6 is 0 Å². The number of ketones is 1. The number of aliphatic hydroxyl groups excluding tert-OH is 1. The predicted molar refractivity (Wildman–Crippen MR) is 115 cm³/mol. The summed E-state index contributed by atoms with van der Waals surface area (Å²) in [5, 5.41) is 20.7. The zero-order valence-electron chi connectivity index (χ0n) is 16.5. The van der Waals surface area contributed by atoms with E-state index in [1.807, 2.05) is 6.07 Å². The number of aliphatic hydroxyl groups is 1. The number of hydrogen-bond acceptors (Lipinski definition) is 5. The van der Waals surface area contributed by atoms with Crippen molar-refractivity contribution in [3.63, 3.8) is 0 Å². The second-order valence-electron chi connectivity index (χ2n) is 7.35. The minimum Gasteiger partial charge on any atom is -0.508 e. The molecule has 3 aromatic carbocycles. The minimum atomic E-state index is -1.01. The Morgan fingerprint density at radius 2 is 1.66 bits per heavy atom. The van der Waals surface area contributed by atoms with Gasteiger partial charge in [-0.1, -0.05) is 24.3 Å². The Morgan fingerprint density at radius 1 is 0.969 bits per heavy atom. The molecule has 1 saturated heterocycles. The van der Waals surface area contributed by atoms with Gasteiger partial charge in [-0.2, -0.15) is 0 Å². The van der Waals surface area contributed by atoms with Crippen molar-refractivity contribution < 1.29 is 24.2 Å². The number of anilines is 1. The van der Waals surface area contributed by atoms with E-state index >= 15 is 0 Å². The maximum atomic E-state index is 13.4. The summed E-state index contributed by atoms with van der Waals surface area (Å²) in [6.45, 7) is 0. The van der Waals surface area contributed by atoms with Crippen LogP contribution in [-0.2, 0) is 9.59 Å². The Kier molecular flexibility index (Phi) is 4.48. The molecule has 0 bridgehead atoms. The molecule has 1 amide bonds. The molecule has 0 saturated carbocycles. The topological polar surface area (TPSA) is 107 Å². The summed E-state index contributed by atoms with van der Waals surface area (Å²) in [4.78, 5) is 34.8. The molecule has 7 nitrogen and oxygen atoms in total. The molecule has 0 radical (unpaired) electrons. The highest BCUT2D eigenvalue weighted by Crippen LogP contribution is 2.42. The van der Waals surface area contributed by atoms with E-state index in [9.17, 15) is 24.2 Å². The van der Waals surface area contributed by atoms with Gasteiger partial charge in [0.2, 0.25) is 5.95 Å². The second-order valence-corrected chi connectivity index (χ2v) is 7.35. The number of phenolic OH excluding ortho intramolecular Hbond substituents is 1. The Morgan fingerprint density at radius 3 is 2.34 bits per heavy atom. The Bertz CT molecular complexity index is 1360. The molecule has 2 heterocycles. The first-order valence-electron chi connectivity index (χ1n) is 9.74. The Balaban J connectivity index is 1.73. The van der Waals surface area contributed by atoms with E-state index in [4.69, 9.17) is 0 Å². The van der Waals surface area contributed by atoms with Gasteiger partial charge < -0.3 is 15.2 Å². The number of halogens is 1. The van der Waals surface area contributed by atoms with E-state index in [1.165, 1.54) is 29.2 Å². The van der Waals surface area contributed by atoms with Crippen LogP contribution in [0.15, 0.2) is 78.4 Å². The number of fused-ring (bicyclic) bond motifs is 1. The highest BCUT2D eigenvalue weighted by atomic mass is 19.1. The van der Waals surface area contributed by atoms with Gasteiger partial charge in [-0.25, -0.2) is 9.37 Å². The number of benzene rings is 3. The van der Waals surface area contributed by atoms with Crippen LogP contribution in [0.5, 0.6) is 5.75 Å². The van der Waals surface area contributed by atoms with Gasteiger partial charge in [-0.3, -0.25) is 14.5 Å². The van der Waals surface area contributed by atoms with Crippen LogP contribution in [-0.4, -0.2) is 31.9 Å². The predicted octanol–water partition coefficient (Wildman–Crippen LogP) is 4.03. The molecule has 5 rings (SSSR count). The van der Waals surface area contributed by atoms with Crippen molar-refractivity contribution in [2.24, 2.45) is 0 Å². The SMILES string of the molecule is O=C1C(=O)N(c2nc3ccccc3[nH]2)C(c2ccc(O)cc2)/C1=C(\O)c1ccc(F)cc1. The van der Waals surface area contributed by atoms with E-state index < -0.39 is 29.3 Å². The number of carbonyl (C=O) groups is 2. The molecule has 158 valence electrons. The fourth-order valence-corrected chi connectivity index (χ4v) is 3.84. The van der Waals surface area contributed by atoms with Crippen molar-refractivity contribution in [1.29, 1.82) is 0 Å². The third-order valence-corrected chi connectivity index (χ3v) is 5.38. The molecule has 0 spiro atoms. The summed E-state index contributed by atoms with van der Waals surface area (Å²) in [6.07, 6.45) is 0. The van der Waals surface area contributed by atoms with Crippen molar-refractivity contribution in [1.82, 2.24) is 9.97 Å². The van der Waals surface area contributed by atoms with E-state index in [0.717, 1.165) is 12.1 Å². The van der Waals surface area contributed by atoms with E-state index in [-0.39, 0.29) is 22.8 Å². The lowest BCUT2D eigenvalue weighted by Crippen LogP contribution is -2.30. The average molecular weight is 429 g/mol. The molecular weight excluding hydrogens is 413 g/mol. The van der Waals surface area contributed by atoms with Crippen LogP contribution in [0.2, 0.25) is 0 Å². The number of rotatable bonds is 3. The van der Waals surface area contributed by atoms with Crippen molar-refractivity contribution >= 4 is 34.4 Å². The largest absolute Gasteiger partial charge is 0.508 e. The summed E-state index contributed by atoms with van der Waals surface area (Å²) < 4.78 is 13.4. The smallest absolute Gasteiger partial charge is 0.302 e. The lowest BCUT2D eigenvalue weighted by Gasteiger charge is -2.23. The first-order chi connectivity index (χ1) is 15.4. The number of nitrogens with zero attached hydrogens (tertiary/aromatic N) is 2. The van der Waals surface area contributed by atoms with Crippen LogP contribution in [0.3, 0.4) is 0 Å². The summed E-state index contributed by atoms with van der Waals surface area (Å²) >= 11 is 0.